The van der Waals surface area contributed by atoms with Crippen LogP contribution in [0.5, 0.6) is 0 Å². The third kappa shape index (κ3) is 2.19. The largest absolute Gasteiger partial charge is 0.240 e. The Kier molecular flexibility index (Phi) is 3.84. The smallest absolute Gasteiger partial charge is 0.211 e. The van der Waals surface area contributed by atoms with Gasteiger partial charge in [-0.05, 0) is 24.3 Å². The summed E-state index contributed by atoms with van der Waals surface area (Å²) >= 11 is 6.77. The second-order valence-corrected chi connectivity index (χ2v) is 5.00. The molecule has 88 valence electrons. The molecule has 18 heavy (non-hydrogen) atoms. The third-order valence-corrected chi connectivity index (χ3v) is 3.67. The van der Waals surface area contributed by atoms with Gasteiger partial charge in [-0.2, -0.15) is 9.98 Å². The van der Waals surface area contributed by atoms with Crippen LogP contribution in [-0.2, 0) is 9.59 Å². The molecule has 0 aliphatic rings. The van der Waals surface area contributed by atoms with Gasteiger partial charge in [-0.3, -0.25) is 0 Å². The summed E-state index contributed by atoms with van der Waals surface area (Å²) in [5.41, 5.74) is 0.913. The van der Waals surface area contributed by atoms with E-state index < -0.39 is 0 Å². The van der Waals surface area contributed by atoms with Crippen molar-refractivity contribution < 1.29 is 9.59 Å². The first kappa shape index (κ1) is 12.9. The fraction of sp³-hybridized carbons (Fsp3) is 0. The summed E-state index contributed by atoms with van der Waals surface area (Å²) in [7, 11) is 0. The maximum Gasteiger partial charge on any atom is 0.240 e. The van der Waals surface area contributed by atoms with Crippen molar-refractivity contribution in [2.45, 2.75) is 0 Å². The Balaban J connectivity index is 3.03. The highest BCUT2D eigenvalue weighted by molar-refractivity contribution is 9.11. The summed E-state index contributed by atoms with van der Waals surface area (Å²) in [6.45, 7) is 0. The van der Waals surface area contributed by atoms with Gasteiger partial charge in [0.05, 0.1) is 11.4 Å². The molecule has 0 bridgehead atoms. The van der Waals surface area contributed by atoms with E-state index in [4.69, 9.17) is 0 Å². The molecule has 0 heterocycles. The lowest BCUT2D eigenvalue weighted by molar-refractivity contribution is 0.564. The van der Waals surface area contributed by atoms with E-state index in [1.54, 1.807) is 24.3 Å². The van der Waals surface area contributed by atoms with E-state index in [1.807, 2.05) is 0 Å². The Morgan fingerprint density at radius 3 is 1.50 bits per heavy atom. The van der Waals surface area contributed by atoms with Gasteiger partial charge in [-0.15, -0.1) is 0 Å². The lowest BCUT2D eigenvalue weighted by Crippen LogP contribution is -1.80. The van der Waals surface area contributed by atoms with Crippen molar-refractivity contribution >= 4 is 66.2 Å². The SMILES string of the molecule is O=C=Nc1ccc(Br)c2c(N=C=O)ccc(Br)c12. The topological polar surface area (TPSA) is 58.9 Å². The molecular weight excluding hydrogens is 364 g/mol. The quantitative estimate of drug-likeness (QED) is 0.586. The second-order valence-electron chi connectivity index (χ2n) is 3.29. The molecule has 0 radical (unpaired) electrons. The molecule has 0 aromatic heterocycles. The third-order valence-electron chi connectivity index (χ3n) is 2.35. The number of hydrogen-bond donors (Lipinski definition) is 0. The highest BCUT2D eigenvalue weighted by atomic mass is 79.9. The Hall–Kier alpha value is -1.58. The first-order chi connectivity index (χ1) is 8.69. The van der Waals surface area contributed by atoms with Crippen molar-refractivity contribution in [3.05, 3.63) is 33.2 Å². The molecule has 0 amide bonds. The molecule has 0 N–H and O–H groups in total. The van der Waals surface area contributed by atoms with Crippen molar-refractivity contribution in [2.24, 2.45) is 9.98 Å². The zero-order chi connectivity index (χ0) is 13.1. The summed E-state index contributed by atoms with van der Waals surface area (Å²) in [6, 6.07) is 6.82. The number of nitrogens with zero attached hydrogens (tertiary/aromatic N) is 2. The summed E-state index contributed by atoms with van der Waals surface area (Å²) < 4.78 is 1.50. The second kappa shape index (κ2) is 5.38. The molecule has 0 saturated carbocycles. The van der Waals surface area contributed by atoms with Crippen LogP contribution in [0.15, 0.2) is 43.2 Å². The van der Waals surface area contributed by atoms with Crippen LogP contribution in [0, 0.1) is 0 Å². The number of hydrogen-bond acceptors (Lipinski definition) is 4. The minimum atomic E-state index is 0.457. The number of rotatable bonds is 2. The Labute approximate surface area is 119 Å². The highest BCUT2D eigenvalue weighted by Gasteiger charge is 2.11. The number of aliphatic imine (C=N–C) groups is 2. The maximum absolute atomic E-state index is 10.4. The summed E-state index contributed by atoms with van der Waals surface area (Å²) in [4.78, 5) is 28.1. The minimum absolute atomic E-state index is 0.457. The normalized spacial score (nSPS) is 9.67. The van der Waals surface area contributed by atoms with Gasteiger partial charge < -0.3 is 0 Å². The van der Waals surface area contributed by atoms with Crippen LogP contribution in [0.4, 0.5) is 11.4 Å². The van der Waals surface area contributed by atoms with Gasteiger partial charge in [0.2, 0.25) is 12.2 Å². The van der Waals surface area contributed by atoms with E-state index >= 15 is 0 Å². The number of benzene rings is 2. The molecule has 0 fully saturated rings. The zero-order valence-electron chi connectivity index (χ0n) is 8.78. The molecule has 2 aromatic carbocycles. The maximum atomic E-state index is 10.4. The van der Waals surface area contributed by atoms with Crippen LogP contribution in [0.2, 0.25) is 0 Å². The Bertz CT molecular complexity index is 667. The monoisotopic (exact) mass is 366 g/mol. The molecule has 0 aliphatic heterocycles. The standard InChI is InChI=1S/C12H4Br2N2O2/c13-7-1-3-9(15-5-17)12-8(14)2-4-10(11(7)12)16-6-18/h1-4H. The average Bonchev–Trinajstić information content (AvgIpc) is 2.36. The van der Waals surface area contributed by atoms with E-state index in [9.17, 15) is 9.59 Å². The van der Waals surface area contributed by atoms with Gasteiger partial charge in [-0.25, -0.2) is 9.59 Å². The van der Waals surface area contributed by atoms with Crippen molar-refractivity contribution in [2.75, 3.05) is 0 Å². The van der Waals surface area contributed by atoms with E-state index in [0.717, 1.165) is 8.95 Å². The molecule has 4 nitrogen and oxygen atoms in total. The molecular formula is C12H4Br2N2O2. The number of carbonyl (C=O) groups excluding carboxylic acids is 2. The molecule has 0 unspecified atom stereocenters. The molecule has 0 atom stereocenters. The van der Waals surface area contributed by atoms with Crippen molar-refractivity contribution in [1.82, 2.24) is 0 Å². The fourth-order valence-corrected chi connectivity index (χ4v) is 2.73. The van der Waals surface area contributed by atoms with E-state index in [2.05, 4.69) is 41.8 Å². The van der Waals surface area contributed by atoms with Crippen LogP contribution in [0.25, 0.3) is 10.8 Å². The molecule has 0 saturated heterocycles. The van der Waals surface area contributed by atoms with Gasteiger partial charge in [0.15, 0.2) is 0 Å². The molecule has 2 aromatic rings. The summed E-state index contributed by atoms with van der Waals surface area (Å²) in [6.07, 6.45) is 3.01. The summed E-state index contributed by atoms with van der Waals surface area (Å²) in [5, 5.41) is 1.37. The van der Waals surface area contributed by atoms with E-state index in [-0.39, 0.29) is 0 Å². The predicted octanol–water partition coefficient (Wildman–Crippen LogP) is 4.30. The first-order valence-corrected chi connectivity index (χ1v) is 6.34. The van der Waals surface area contributed by atoms with Gasteiger partial charge in [0.25, 0.3) is 0 Å². The molecule has 0 aliphatic carbocycles. The zero-order valence-corrected chi connectivity index (χ0v) is 11.9. The number of isocyanates is 2. The van der Waals surface area contributed by atoms with Crippen molar-refractivity contribution in [3.8, 4) is 0 Å². The molecule has 0 spiro atoms. The Morgan fingerprint density at radius 1 is 0.778 bits per heavy atom. The summed E-state index contributed by atoms with van der Waals surface area (Å²) in [5.74, 6) is 0. The van der Waals surface area contributed by atoms with Crippen LogP contribution in [-0.4, -0.2) is 12.2 Å². The van der Waals surface area contributed by atoms with E-state index in [1.165, 1.54) is 12.2 Å². The van der Waals surface area contributed by atoms with Crippen LogP contribution < -0.4 is 0 Å². The van der Waals surface area contributed by atoms with Crippen LogP contribution >= 0.6 is 31.9 Å². The lowest BCUT2D eigenvalue weighted by Gasteiger charge is -2.07. The minimum Gasteiger partial charge on any atom is -0.211 e. The molecule has 2 rings (SSSR count). The lowest BCUT2D eigenvalue weighted by atomic mass is 10.1. The predicted molar refractivity (Wildman–Crippen MR) is 74.9 cm³/mol. The Morgan fingerprint density at radius 2 is 1.17 bits per heavy atom. The van der Waals surface area contributed by atoms with Gasteiger partial charge in [0, 0.05) is 19.7 Å². The van der Waals surface area contributed by atoms with E-state index in [0.29, 0.717) is 22.1 Å². The van der Waals surface area contributed by atoms with Gasteiger partial charge in [-0.1, -0.05) is 31.9 Å². The first-order valence-electron chi connectivity index (χ1n) is 4.75. The molecule has 6 heteroatoms. The highest BCUT2D eigenvalue weighted by Crippen LogP contribution is 2.41. The van der Waals surface area contributed by atoms with Gasteiger partial charge in [0.1, 0.15) is 0 Å². The van der Waals surface area contributed by atoms with Crippen LogP contribution in [0.3, 0.4) is 0 Å². The van der Waals surface area contributed by atoms with Crippen LogP contribution in [0.1, 0.15) is 0 Å². The fourth-order valence-electron chi connectivity index (χ4n) is 1.66. The van der Waals surface area contributed by atoms with Crippen molar-refractivity contribution in [1.29, 1.82) is 0 Å². The average molecular weight is 368 g/mol. The van der Waals surface area contributed by atoms with Crippen molar-refractivity contribution in [3.63, 3.8) is 0 Å². The number of halogens is 2. The number of fused-ring (bicyclic) bond motifs is 1. The van der Waals surface area contributed by atoms with Gasteiger partial charge >= 0.3 is 0 Å².